The number of hydrogen-bond donors (Lipinski definition) is 1. The van der Waals surface area contributed by atoms with Crippen LogP contribution in [-0.4, -0.2) is 16.2 Å². The lowest BCUT2D eigenvalue weighted by Gasteiger charge is -2.09. The second kappa shape index (κ2) is 6.70. The van der Waals surface area contributed by atoms with Gasteiger partial charge in [-0.05, 0) is 48.6 Å². The summed E-state index contributed by atoms with van der Waals surface area (Å²) in [4.78, 5) is 36.5. The van der Waals surface area contributed by atoms with Crippen LogP contribution in [0.2, 0.25) is 0 Å². The predicted octanol–water partition coefficient (Wildman–Crippen LogP) is 2.88. The fourth-order valence-electron chi connectivity index (χ4n) is 3.90. The van der Waals surface area contributed by atoms with E-state index < -0.39 is 11.6 Å². The first-order chi connectivity index (χ1) is 14.1. The number of carbonyl (C=O) groups excluding carboxylic acids is 1. The van der Waals surface area contributed by atoms with E-state index in [1.165, 1.54) is 17.2 Å². The van der Waals surface area contributed by atoms with Crippen molar-refractivity contribution in [2.45, 2.75) is 25.9 Å². The van der Waals surface area contributed by atoms with Crippen molar-refractivity contribution in [1.82, 2.24) is 10.2 Å². The number of hydrogen-bond acceptors (Lipinski definition) is 6. The lowest BCUT2D eigenvalue weighted by Crippen LogP contribution is -2.16. The summed E-state index contributed by atoms with van der Waals surface area (Å²) in [7, 11) is 0. The first kappa shape index (κ1) is 17.4. The van der Waals surface area contributed by atoms with Crippen LogP contribution in [0.3, 0.4) is 0 Å². The molecule has 1 aliphatic carbocycles. The van der Waals surface area contributed by atoms with Gasteiger partial charge in [-0.1, -0.05) is 18.2 Å². The Morgan fingerprint density at radius 3 is 2.62 bits per heavy atom. The van der Waals surface area contributed by atoms with Crippen molar-refractivity contribution in [3.63, 3.8) is 0 Å². The molecule has 0 radical (unpaired) electrons. The summed E-state index contributed by atoms with van der Waals surface area (Å²) in [5.41, 5.74) is 2.65. The van der Waals surface area contributed by atoms with Gasteiger partial charge in [0.25, 0.3) is 5.56 Å². The van der Waals surface area contributed by atoms with Gasteiger partial charge in [0.15, 0.2) is 5.69 Å². The van der Waals surface area contributed by atoms with E-state index in [1.807, 2.05) is 12.1 Å². The summed E-state index contributed by atoms with van der Waals surface area (Å²) in [6.45, 7) is -0.102. The summed E-state index contributed by atoms with van der Waals surface area (Å²) in [6, 6.07) is 11.9. The number of aryl methyl sites for hydroxylation is 2. The molecule has 0 fully saturated rings. The molecule has 0 saturated heterocycles. The summed E-state index contributed by atoms with van der Waals surface area (Å²) >= 11 is 0. The van der Waals surface area contributed by atoms with E-state index in [2.05, 4.69) is 10.2 Å². The van der Waals surface area contributed by atoms with E-state index in [4.69, 9.17) is 9.15 Å². The van der Waals surface area contributed by atoms with Gasteiger partial charge in [-0.15, -0.1) is 0 Å². The molecule has 0 amide bonds. The van der Waals surface area contributed by atoms with Crippen molar-refractivity contribution in [3.8, 4) is 0 Å². The van der Waals surface area contributed by atoms with Crippen molar-refractivity contribution >= 4 is 27.7 Å². The van der Waals surface area contributed by atoms with Crippen LogP contribution in [0.5, 0.6) is 0 Å². The van der Waals surface area contributed by atoms with E-state index in [9.17, 15) is 14.4 Å². The molecule has 7 heteroatoms. The minimum Gasteiger partial charge on any atom is -0.456 e. The number of H-pyrrole nitrogens is 1. The number of aromatic amines is 1. The molecular weight excluding hydrogens is 372 g/mol. The number of nitrogens with one attached hydrogen (secondary N) is 1. The fraction of sp³-hybridized carbons (Fsp3) is 0.182. The summed E-state index contributed by atoms with van der Waals surface area (Å²) in [5.74, 6) is -0.681. The molecule has 0 bridgehead atoms. The highest BCUT2D eigenvalue weighted by molar-refractivity contribution is 6.02. The molecule has 1 aliphatic rings. The molecule has 0 atom stereocenters. The molecule has 7 nitrogen and oxygen atoms in total. The number of ether oxygens (including phenoxy) is 1. The fourth-order valence-corrected chi connectivity index (χ4v) is 3.90. The smallest absolute Gasteiger partial charge is 0.359 e. The lowest BCUT2D eigenvalue weighted by atomic mass is 10.0. The Morgan fingerprint density at radius 1 is 1.03 bits per heavy atom. The topological polar surface area (TPSA) is 102 Å². The highest BCUT2D eigenvalue weighted by Crippen LogP contribution is 2.29. The molecule has 2 aromatic carbocycles. The van der Waals surface area contributed by atoms with Crippen molar-refractivity contribution < 1.29 is 13.9 Å². The highest BCUT2D eigenvalue weighted by atomic mass is 16.5. The van der Waals surface area contributed by atoms with Gasteiger partial charge in [-0.25, -0.2) is 14.7 Å². The zero-order chi connectivity index (χ0) is 20.0. The Morgan fingerprint density at radius 2 is 1.79 bits per heavy atom. The predicted molar refractivity (Wildman–Crippen MR) is 106 cm³/mol. The number of benzene rings is 2. The molecule has 0 spiro atoms. The standard InChI is InChI=1S/C22H16N2O5/c25-19-10-14(17-8-12-4-3-5-13(12)9-18(17)29-19)11-28-22(27)20-15-6-1-2-7-16(15)21(26)24-23-20/h1-2,6-10H,3-5,11H2,(H,24,26). The summed E-state index contributed by atoms with van der Waals surface area (Å²) < 4.78 is 10.8. The number of nitrogens with zero attached hydrogens (tertiary/aromatic N) is 1. The molecule has 144 valence electrons. The second-order valence-electron chi connectivity index (χ2n) is 7.08. The van der Waals surface area contributed by atoms with Gasteiger partial charge in [0.2, 0.25) is 0 Å². The maximum Gasteiger partial charge on any atom is 0.359 e. The highest BCUT2D eigenvalue weighted by Gasteiger charge is 2.18. The van der Waals surface area contributed by atoms with Crippen LogP contribution in [0.1, 0.15) is 33.6 Å². The molecule has 29 heavy (non-hydrogen) atoms. The zero-order valence-electron chi connectivity index (χ0n) is 15.4. The van der Waals surface area contributed by atoms with Crippen LogP contribution >= 0.6 is 0 Å². The average Bonchev–Trinajstić information content (AvgIpc) is 3.18. The Balaban J connectivity index is 1.50. The summed E-state index contributed by atoms with van der Waals surface area (Å²) in [5, 5.41) is 7.70. The number of aromatic nitrogens is 2. The van der Waals surface area contributed by atoms with Crippen LogP contribution in [0, 0.1) is 0 Å². The van der Waals surface area contributed by atoms with E-state index >= 15 is 0 Å². The molecule has 0 aliphatic heterocycles. The number of rotatable bonds is 3. The van der Waals surface area contributed by atoms with Crippen molar-refractivity contribution in [1.29, 1.82) is 0 Å². The maximum atomic E-state index is 12.6. The molecule has 0 unspecified atom stereocenters. The Hall–Kier alpha value is -3.74. The lowest BCUT2D eigenvalue weighted by molar-refractivity contribution is 0.0468. The molecule has 2 heterocycles. The van der Waals surface area contributed by atoms with Crippen molar-refractivity contribution in [2.75, 3.05) is 0 Å². The van der Waals surface area contributed by atoms with Crippen LogP contribution in [0.25, 0.3) is 21.7 Å². The monoisotopic (exact) mass is 388 g/mol. The van der Waals surface area contributed by atoms with Gasteiger partial charge in [0.05, 0.1) is 5.39 Å². The quantitative estimate of drug-likeness (QED) is 0.428. The number of esters is 1. The number of carbonyl (C=O) groups is 1. The van der Waals surface area contributed by atoms with E-state index in [0.717, 1.165) is 24.6 Å². The van der Waals surface area contributed by atoms with Crippen molar-refractivity contribution in [2.24, 2.45) is 0 Å². The Labute approximate surface area is 163 Å². The van der Waals surface area contributed by atoms with Gasteiger partial charge in [0, 0.05) is 22.4 Å². The third-order valence-electron chi connectivity index (χ3n) is 5.29. The van der Waals surface area contributed by atoms with Gasteiger partial charge in [-0.2, -0.15) is 5.10 Å². The molecule has 0 saturated carbocycles. The van der Waals surface area contributed by atoms with Crippen LogP contribution in [0.4, 0.5) is 0 Å². The minimum absolute atomic E-state index is 0.0216. The first-order valence-corrected chi connectivity index (χ1v) is 9.33. The van der Waals surface area contributed by atoms with Crippen molar-refractivity contribution in [3.05, 3.63) is 85.6 Å². The van der Waals surface area contributed by atoms with Gasteiger partial charge in [0.1, 0.15) is 12.2 Å². The Kier molecular flexibility index (Phi) is 4.01. The third-order valence-corrected chi connectivity index (χ3v) is 5.29. The zero-order valence-corrected chi connectivity index (χ0v) is 15.4. The van der Waals surface area contributed by atoms with E-state index in [0.29, 0.717) is 21.9 Å². The maximum absolute atomic E-state index is 12.6. The second-order valence-corrected chi connectivity index (χ2v) is 7.08. The van der Waals surface area contributed by atoms with Crippen LogP contribution in [-0.2, 0) is 24.2 Å². The minimum atomic E-state index is -0.681. The average molecular weight is 388 g/mol. The molecule has 1 N–H and O–H groups in total. The summed E-state index contributed by atoms with van der Waals surface area (Å²) in [6.07, 6.45) is 3.03. The third kappa shape index (κ3) is 3.00. The Bertz CT molecular complexity index is 1400. The van der Waals surface area contributed by atoms with E-state index in [-0.39, 0.29) is 17.9 Å². The number of fused-ring (bicyclic) bond motifs is 3. The normalized spacial score (nSPS) is 13.0. The van der Waals surface area contributed by atoms with Crippen LogP contribution < -0.4 is 11.2 Å². The molecular formula is C22H16N2O5. The van der Waals surface area contributed by atoms with E-state index in [1.54, 1.807) is 24.3 Å². The first-order valence-electron chi connectivity index (χ1n) is 9.33. The molecule has 2 aromatic heterocycles. The van der Waals surface area contributed by atoms with Gasteiger partial charge in [-0.3, -0.25) is 4.79 Å². The largest absolute Gasteiger partial charge is 0.456 e. The SMILES string of the molecule is O=C(OCc1cc(=O)oc2cc3c(cc12)CCC3)c1n[nH]c(=O)c2ccccc12. The molecule has 4 aromatic rings. The van der Waals surface area contributed by atoms with Gasteiger partial charge < -0.3 is 9.15 Å². The van der Waals surface area contributed by atoms with Gasteiger partial charge >= 0.3 is 11.6 Å². The molecule has 5 rings (SSSR count). The van der Waals surface area contributed by atoms with Crippen LogP contribution in [0.15, 0.2) is 56.5 Å².